The van der Waals surface area contributed by atoms with Crippen LogP contribution in [0.3, 0.4) is 0 Å². The molecule has 0 saturated heterocycles. The number of carbonyl (C=O) groups excluding carboxylic acids is 1. The molecule has 0 aromatic heterocycles. The smallest absolute Gasteiger partial charge is 0.309 e. The second-order valence-electron chi connectivity index (χ2n) is 4.11. The van der Waals surface area contributed by atoms with Gasteiger partial charge in [-0.3, -0.25) is 4.79 Å². The third-order valence-electron chi connectivity index (χ3n) is 2.64. The number of allylic oxidation sites excluding steroid dienone is 2. The molecule has 0 bridgehead atoms. The number of ether oxygens (including phenoxy) is 1. The Morgan fingerprint density at radius 1 is 1.62 bits per heavy atom. The van der Waals surface area contributed by atoms with E-state index < -0.39 is 0 Å². The molecule has 2 heteroatoms. The van der Waals surface area contributed by atoms with Crippen LogP contribution in [0.4, 0.5) is 0 Å². The summed E-state index contributed by atoms with van der Waals surface area (Å²) in [4.78, 5) is 11.6. The summed E-state index contributed by atoms with van der Waals surface area (Å²) >= 11 is 0. The van der Waals surface area contributed by atoms with Gasteiger partial charge in [0, 0.05) is 0 Å². The Morgan fingerprint density at radius 2 is 2.31 bits per heavy atom. The Kier molecular flexibility index (Phi) is 3.12. The van der Waals surface area contributed by atoms with Crippen molar-refractivity contribution in [3.8, 4) is 0 Å². The summed E-state index contributed by atoms with van der Waals surface area (Å²) in [5.74, 6) is -0.00528. The zero-order valence-electron chi connectivity index (χ0n) is 8.67. The lowest BCUT2D eigenvalue weighted by atomic mass is 9.73. The first-order valence-corrected chi connectivity index (χ1v) is 4.92. The first kappa shape index (κ1) is 10.3. The van der Waals surface area contributed by atoms with Gasteiger partial charge < -0.3 is 4.74 Å². The predicted molar refractivity (Wildman–Crippen MR) is 52.3 cm³/mol. The van der Waals surface area contributed by atoms with Crippen molar-refractivity contribution in [3.63, 3.8) is 0 Å². The Morgan fingerprint density at radius 3 is 2.85 bits per heavy atom. The summed E-state index contributed by atoms with van der Waals surface area (Å²) in [5.41, 5.74) is -0.0372. The molecule has 0 fully saturated rings. The monoisotopic (exact) mass is 182 g/mol. The van der Waals surface area contributed by atoms with E-state index in [0.717, 1.165) is 12.8 Å². The first-order valence-electron chi connectivity index (χ1n) is 4.92. The molecule has 1 aliphatic rings. The highest BCUT2D eigenvalue weighted by Gasteiger charge is 2.35. The maximum absolute atomic E-state index is 11.6. The Bertz CT molecular complexity index is 216. The van der Waals surface area contributed by atoms with Crippen LogP contribution in [-0.2, 0) is 9.53 Å². The van der Waals surface area contributed by atoms with Gasteiger partial charge in [-0.15, -0.1) is 0 Å². The number of hydrogen-bond acceptors (Lipinski definition) is 2. The summed E-state index contributed by atoms with van der Waals surface area (Å²) in [6.07, 6.45) is 6.18. The predicted octanol–water partition coefficient (Wildman–Crippen LogP) is 2.54. The van der Waals surface area contributed by atoms with Crippen LogP contribution < -0.4 is 0 Å². The van der Waals surface area contributed by atoms with Crippen molar-refractivity contribution in [2.75, 3.05) is 6.61 Å². The van der Waals surface area contributed by atoms with Crippen molar-refractivity contribution in [2.45, 2.75) is 33.6 Å². The molecule has 0 aliphatic heterocycles. The van der Waals surface area contributed by atoms with E-state index in [1.807, 2.05) is 6.92 Å². The highest BCUT2D eigenvalue weighted by Crippen LogP contribution is 2.36. The third kappa shape index (κ3) is 2.33. The Hall–Kier alpha value is -0.790. The van der Waals surface area contributed by atoms with E-state index >= 15 is 0 Å². The fraction of sp³-hybridized carbons (Fsp3) is 0.727. The van der Waals surface area contributed by atoms with Gasteiger partial charge in [0.15, 0.2) is 0 Å². The van der Waals surface area contributed by atoms with Gasteiger partial charge in [-0.2, -0.15) is 0 Å². The molecule has 0 saturated carbocycles. The SMILES string of the molecule is CCOC(=O)C1CCC=CC1(C)C. The topological polar surface area (TPSA) is 26.3 Å². The van der Waals surface area contributed by atoms with Crippen LogP contribution in [0.2, 0.25) is 0 Å². The maximum Gasteiger partial charge on any atom is 0.309 e. The molecule has 0 heterocycles. The molecule has 1 atom stereocenters. The van der Waals surface area contributed by atoms with E-state index in [1.165, 1.54) is 0 Å². The zero-order valence-corrected chi connectivity index (χ0v) is 8.67. The number of hydrogen-bond donors (Lipinski definition) is 0. The highest BCUT2D eigenvalue weighted by molar-refractivity contribution is 5.74. The minimum absolute atomic E-state index is 0.0372. The molecule has 0 amide bonds. The van der Waals surface area contributed by atoms with Gasteiger partial charge in [-0.05, 0) is 25.2 Å². The lowest BCUT2D eigenvalue weighted by Crippen LogP contribution is -2.32. The molecule has 13 heavy (non-hydrogen) atoms. The molecular formula is C11H18O2. The average Bonchev–Trinajstić information content (AvgIpc) is 2.03. The Balaban J connectivity index is 2.68. The number of esters is 1. The summed E-state index contributed by atoms with van der Waals surface area (Å²) in [6, 6.07) is 0. The quantitative estimate of drug-likeness (QED) is 0.484. The van der Waals surface area contributed by atoms with Gasteiger partial charge in [0.2, 0.25) is 0 Å². The molecule has 1 rings (SSSR count). The van der Waals surface area contributed by atoms with Crippen molar-refractivity contribution < 1.29 is 9.53 Å². The molecular weight excluding hydrogens is 164 g/mol. The van der Waals surface area contributed by atoms with Crippen LogP contribution in [0.1, 0.15) is 33.6 Å². The second kappa shape index (κ2) is 3.95. The number of rotatable bonds is 2. The molecule has 0 aromatic rings. The van der Waals surface area contributed by atoms with Crippen LogP contribution in [0.25, 0.3) is 0 Å². The largest absolute Gasteiger partial charge is 0.466 e. The summed E-state index contributed by atoms with van der Waals surface area (Å²) < 4.78 is 5.04. The van der Waals surface area contributed by atoms with Crippen LogP contribution in [0, 0.1) is 11.3 Å². The zero-order chi connectivity index (χ0) is 9.90. The van der Waals surface area contributed by atoms with Crippen molar-refractivity contribution in [3.05, 3.63) is 12.2 Å². The van der Waals surface area contributed by atoms with Crippen molar-refractivity contribution in [1.82, 2.24) is 0 Å². The molecule has 0 N–H and O–H groups in total. The normalized spacial score (nSPS) is 25.6. The molecule has 1 aliphatic carbocycles. The number of carbonyl (C=O) groups is 1. The van der Waals surface area contributed by atoms with Gasteiger partial charge >= 0.3 is 5.97 Å². The second-order valence-corrected chi connectivity index (χ2v) is 4.11. The van der Waals surface area contributed by atoms with E-state index in [4.69, 9.17) is 4.74 Å². The van der Waals surface area contributed by atoms with E-state index in [2.05, 4.69) is 26.0 Å². The van der Waals surface area contributed by atoms with Crippen LogP contribution in [0.15, 0.2) is 12.2 Å². The van der Waals surface area contributed by atoms with Crippen molar-refractivity contribution in [1.29, 1.82) is 0 Å². The van der Waals surface area contributed by atoms with Gasteiger partial charge in [0.1, 0.15) is 0 Å². The van der Waals surface area contributed by atoms with Crippen LogP contribution >= 0.6 is 0 Å². The highest BCUT2D eigenvalue weighted by atomic mass is 16.5. The van der Waals surface area contributed by atoms with Gasteiger partial charge in [0.05, 0.1) is 12.5 Å². The molecule has 74 valence electrons. The van der Waals surface area contributed by atoms with Crippen LogP contribution in [0.5, 0.6) is 0 Å². The summed E-state index contributed by atoms with van der Waals surface area (Å²) in [7, 11) is 0. The third-order valence-corrected chi connectivity index (χ3v) is 2.64. The average molecular weight is 182 g/mol. The van der Waals surface area contributed by atoms with E-state index in [0.29, 0.717) is 6.61 Å². The lowest BCUT2D eigenvalue weighted by molar-refractivity contribution is -0.151. The van der Waals surface area contributed by atoms with Crippen LogP contribution in [-0.4, -0.2) is 12.6 Å². The summed E-state index contributed by atoms with van der Waals surface area (Å²) in [6.45, 7) is 6.51. The first-order chi connectivity index (χ1) is 6.08. The van der Waals surface area contributed by atoms with E-state index in [1.54, 1.807) is 0 Å². The fourth-order valence-corrected chi connectivity index (χ4v) is 1.80. The fourth-order valence-electron chi connectivity index (χ4n) is 1.80. The molecule has 0 spiro atoms. The Labute approximate surface area is 80.0 Å². The molecule has 0 radical (unpaired) electrons. The molecule has 2 nitrogen and oxygen atoms in total. The molecule has 1 unspecified atom stereocenters. The standard InChI is InChI=1S/C11H18O2/c1-4-13-10(12)9-7-5-6-8-11(9,2)3/h6,8-9H,4-5,7H2,1-3H3. The lowest BCUT2D eigenvalue weighted by Gasteiger charge is -2.32. The van der Waals surface area contributed by atoms with E-state index in [-0.39, 0.29) is 17.3 Å². The minimum atomic E-state index is -0.0446. The van der Waals surface area contributed by atoms with Gasteiger partial charge in [0.25, 0.3) is 0 Å². The van der Waals surface area contributed by atoms with Gasteiger partial charge in [-0.25, -0.2) is 0 Å². The summed E-state index contributed by atoms with van der Waals surface area (Å²) in [5, 5.41) is 0. The van der Waals surface area contributed by atoms with Crippen molar-refractivity contribution in [2.24, 2.45) is 11.3 Å². The maximum atomic E-state index is 11.6. The minimum Gasteiger partial charge on any atom is -0.466 e. The van der Waals surface area contributed by atoms with Crippen molar-refractivity contribution >= 4 is 5.97 Å². The molecule has 0 aromatic carbocycles. The van der Waals surface area contributed by atoms with E-state index in [9.17, 15) is 4.79 Å². The van der Waals surface area contributed by atoms with Gasteiger partial charge in [-0.1, -0.05) is 26.0 Å².